The minimum absolute atomic E-state index is 0.0200. The number of esters is 1. The van der Waals surface area contributed by atoms with E-state index in [1.165, 1.54) is 23.9 Å². The lowest BCUT2D eigenvalue weighted by Crippen LogP contribution is -2.43. The zero-order chi connectivity index (χ0) is 24.9. The molecule has 1 aliphatic heterocycles. The molecule has 0 radical (unpaired) electrons. The molecule has 0 bridgehead atoms. The maximum Gasteiger partial charge on any atom is 0.337 e. The van der Waals surface area contributed by atoms with Gasteiger partial charge in [-0.2, -0.15) is 9.78 Å². The standard InChI is InChI=1S/C26H19ClFN3O4/c1-14-4-3-5-19(27)23(14)25(33)31-21-13-16(30-11-10-22(30)32)7-9-18(21)24(29-31)17-8-6-15(12-20(17)28)26(34)35-2/h3-9,12-13H,10-11H2,1-2H3. The first-order valence-corrected chi connectivity index (χ1v) is 11.2. The molecule has 0 aliphatic carbocycles. The molecule has 35 heavy (non-hydrogen) atoms. The molecule has 9 heteroatoms. The molecule has 1 saturated heterocycles. The SMILES string of the molecule is COC(=O)c1ccc(-c2nn(C(=O)c3c(C)cccc3Cl)c3cc(N4CCC4=O)ccc23)c(F)c1. The largest absolute Gasteiger partial charge is 0.465 e. The lowest BCUT2D eigenvalue weighted by Gasteiger charge is -2.30. The van der Waals surface area contributed by atoms with Crippen LogP contribution in [0.25, 0.3) is 22.2 Å². The quantitative estimate of drug-likeness (QED) is 0.296. The van der Waals surface area contributed by atoms with Crippen LogP contribution in [0.2, 0.25) is 5.02 Å². The van der Waals surface area contributed by atoms with Crippen molar-refractivity contribution < 1.29 is 23.5 Å². The summed E-state index contributed by atoms with van der Waals surface area (Å²) < 4.78 is 21.0. The van der Waals surface area contributed by atoms with Crippen LogP contribution in [0.4, 0.5) is 10.1 Å². The lowest BCUT2D eigenvalue weighted by molar-refractivity contribution is -0.122. The van der Waals surface area contributed by atoms with E-state index in [4.69, 9.17) is 11.6 Å². The fourth-order valence-electron chi connectivity index (χ4n) is 4.17. The molecule has 2 heterocycles. The van der Waals surface area contributed by atoms with Gasteiger partial charge in [-0.05, 0) is 55.0 Å². The van der Waals surface area contributed by atoms with Gasteiger partial charge in [0, 0.05) is 29.6 Å². The highest BCUT2D eigenvalue weighted by Gasteiger charge is 2.28. The topological polar surface area (TPSA) is 81.5 Å². The first kappa shape index (κ1) is 22.7. The number of rotatable bonds is 4. The summed E-state index contributed by atoms with van der Waals surface area (Å²) in [6.07, 6.45) is 0.456. The van der Waals surface area contributed by atoms with Crippen LogP contribution in [-0.2, 0) is 9.53 Å². The number of ether oxygens (including phenoxy) is 1. The van der Waals surface area contributed by atoms with E-state index < -0.39 is 17.7 Å². The van der Waals surface area contributed by atoms with Gasteiger partial charge in [0.2, 0.25) is 5.91 Å². The van der Waals surface area contributed by atoms with Gasteiger partial charge in [-0.1, -0.05) is 23.7 Å². The summed E-state index contributed by atoms with van der Waals surface area (Å²) in [6.45, 7) is 2.34. The van der Waals surface area contributed by atoms with Crippen molar-refractivity contribution in [2.75, 3.05) is 18.6 Å². The van der Waals surface area contributed by atoms with Gasteiger partial charge in [0.15, 0.2) is 0 Å². The summed E-state index contributed by atoms with van der Waals surface area (Å²) in [5, 5.41) is 5.26. The van der Waals surface area contributed by atoms with Crippen molar-refractivity contribution >= 4 is 46.0 Å². The number of carbonyl (C=O) groups excluding carboxylic acids is 3. The monoisotopic (exact) mass is 491 g/mol. The second-order valence-electron chi connectivity index (χ2n) is 8.18. The summed E-state index contributed by atoms with van der Waals surface area (Å²) in [6, 6.07) is 14.2. The summed E-state index contributed by atoms with van der Waals surface area (Å²) >= 11 is 6.35. The maximum atomic E-state index is 15.1. The van der Waals surface area contributed by atoms with Crippen LogP contribution < -0.4 is 4.90 Å². The Morgan fingerprint density at radius 2 is 1.91 bits per heavy atom. The molecule has 0 N–H and O–H groups in total. The summed E-state index contributed by atoms with van der Waals surface area (Å²) in [7, 11) is 1.21. The van der Waals surface area contributed by atoms with E-state index in [9.17, 15) is 14.4 Å². The number of anilines is 1. The Balaban J connectivity index is 1.72. The van der Waals surface area contributed by atoms with E-state index in [0.29, 0.717) is 35.1 Å². The average molecular weight is 492 g/mol. The smallest absolute Gasteiger partial charge is 0.337 e. The predicted octanol–water partition coefficient (Wildman–Crippen LogP) is 5.02. The molecule has 5 rings (SSSR count). The molecule has 0 saturated carbocycles. The lowest BCUT2D eigenvalue weighted by atomic mass is 10.0. The van der Waals surface area contributed by atoms with Gasteiger partial charge in [0.1, 0.15) is 11.5 Å². The van der Waals surface area contributed by atoms with E-state index in [1.54, 1.807) is 48.2 Å². The van der Waals surface area contributed by atoms with Gasteiger partial charge in [0.05, 0.1) is 28.8 Å². The number of β-lactam (4-membered cyclic amide) rings is 1. The predicted molar refractivity (Wildman–Crippen MR) is 129 cm³/mol. The Labute approximate surface area is 204 Å². The summed E-state index contributed by atoms with van der Waals surface area (Å²) in [5.74, 6) is -1.86. The number of nitrogens with zero attached hydrogens (tertiary/aromatic N) is 3. The van der Waals surface area contributed by atoms with Crippen molar-refractivity contribution in [2.24, 2.45) is 0 Å². The van der Waals surface area contributed by atoms with Crippen LogP contribution in [0.3, 0.4) is 0 Å². The first-order valence-electron chi connectivity index (χ1n) is 10.8. The van der Waals surface area contributed by atoms with Crippen LogP contribution in [0.1, 0.15) is 32.7 Å². The van der Waals surface area contributed by atoms with E-state index in [-0.39, 0.29) is 33.3 Å². The van der Waals surface area contributed by atoms with Crippen molar-refractivity contribution in [1.29, 1.82) is 0 Å². The van der Waals surface area contributed by atoms with Gasteiger partial charge in [-0.25, -0.2) is 9.18 Å². The highest BCUT2D eigenvalue weighted by atomic mass is 35.5. The van der Waals surface area contributed by atoms with Crippen molar-refractivity contribution in [2.45, 2.75) is 13.3 Å². The van der Waals surface area contributed by atoms with Crippen molar-refractivity contribution in [3.63, 3.8) is 0 Å². The molecular weight excluding hydrogens is 473 g/mol. The van der Waals surface area contributed by atoms with Gasteiger partial charge in [0.25, 0.3) is 5.91 Å². The molecule has 1 aromatic heterocycles. The minimum Gasteiger partial charge on any atom is -0.465 e. The van der Waals surface area contributed by atoms with Crippen LogP contribution in [0, 0.1) is 12.7 Å². The zero-order valence-corrected chi connectivity index (χ0v) is 19.6. The van der Waals surface area contributed by atoms with Gasteiger partial charge >= 0.3 is 5.97 Å². The van der Waals surface area contributed by atoms with Crippen LogP contribution >= 0.6 is 11.6 Å². The average Bonchev–Trinajstić information content (AvgIpc) is 3.21. The summed E-state index contributed by atoms with van der Waals surface area (Å²) in [5.41, 5.74) is 2.34. The number of aromatic nitrogens is 2. The van der Waals surface area contributed by atoms with Crippen molar-refractivity contribution in [1.82, 2.24) is 9.78 Å². The van der Waals surface area contributed by atoms with E-state index >= 15 is 4.39 Å². The van der Waals surface area contributed by atoms with Crippen LogP contribution in [0.15, 0.2) is 54.6 Å². The third kappa shape index (κ3) is 3.76. The number of hydrogen-bond acceptors (Lipinski definition) is 5. The van der Waals surface area contributed by atoms with Gasteiger partial charge in [-0.15, -0.1) is 0 Å². The Hall–Kier alpha value is -4.04. The first-order chi connectivity index (χ1) is 16.8. The molecule has 7 nitrogen and oxygen atoms in total. The number of carbonyl (C=O) groups is 3. The highest BCUT2D eigenvalue weighted by molar-refractivity contribution is 6.34. The number of fused-ring (bicyclic) bond motifs is 1. The molecular formula is C26H19ClFN3O4. The second-order valence-corrected chi connectivity index (χ2v) is 8.59. The van der Waals surface area contributed by atoms with Crippen LogP contribution in [-0.4, -0.2) is 41.2 Å². The fourth-order valence-corrected chi connectivity index (χ4v) is 4.48. The van der Waals surface area contributed by atoms with Crippen molar-refractivity contribution in [3.05, 3.63) is 82.1 Å². The van der Waals surface area contributed by atoms with Gasteiger partial charge in [-0.3, -0.25) is 9.59 Å². The molecule has 0 atom stereocenters. The minimum atomic E-state index is -0.692. The number of hydrogen-bond donors (Lipinski definition) is 0. The van der Waals surface area contributed by atoms with E-state index in [0.717, 1.165) is 6.07 Å². The molecule has 0 unspecified atom stereocenters. The Morgan fingerprint density at radius 3 is 2.54 bits per heavy atom. The molecule has 4 aromatic rings. The Bertz CT molecular complexity index is 1530. The fraction of sp³-hybridized carbons (Fsp3) is 0.154. The Morgan fingerprint density at radius 1 is 1.11 bits per heavy atom. The summed E-state index contributed by atoms with van der Waals surface area (Å²) in [4.78, 5) is 39.0. The third-order valence-corrected chi connectivity index (χ3v) is 6.42. The molecule has 1 fully saturated rings. The number of halogens is 2. The molecule has 1 amide bonds. The number of amides is 1. The second kappa shape index (κ2) is 8.63. The molecule has 1 aliphatic rings. The molecule has 0 spiro atoms. The van der Waals surface area contributed by atoms with Gasteiger partial charge < -0.3 is 9.64 Å². The maximum absolute atomic E-state index is 15.1. The molecule has 3 aromatic carbocycles. The normalized spacial score (nSPS) is 13.1. The van der Waals surface area contributed by atoms with E-state index in [2.05, 4.69) is 9.84 Å². The molecule has 176 valence electrons. The number of methoxy groups -OCH3 is 1. The van der Waals surface area contributed by atoms with Crippen LogP contribution in [0.5, 0.6) is 0 Å². The highest BCUT2D eigenvalue weighted by Crippen LogP contribution is 2.35. The third-order valence-electron chi connectivity index (χ3n) is 6.10. The van der Waals surface area contributed by atoms with Crippen molar-refractivity contribution in [3.8, 4) is 11.3 Å². The number of benzene rings is 3. The number of aryl methyl sites for hydroxylation is 1. The van der Waals surface area contributed by atoms with E-state index in [1.807, 2.05) is 0 Å². The zero-order valence-electron chi connectivity index (χ0n) is 18.8. The Kier molecular flexibility index (Phi) is 5.61.